The monoisotopic (exact) mass is 309 g/mol. The van der Waals surface area contributed by atoms with E-state index in [-0.39, 0.29) is 5.41 Å². The normalized spacial score (nSPS) is 40.9. The SMILES string of the molecule is CCI1CC[C@]2(CCCC(N)C2)C1=O. The first kappa shape index (κ1) is 10.9. The molecule has 2 atom stereocenters. The predicted molar refractivity (Wildman–Crippen MR) is 67.9 cm³/mol. The second-order valence-corrected chi connectivity index (χ2v) is 10.8. The zero-order valence-electron chi connectivity index (χ0n) is 8.89. The van der Waals surface area contributed by atoms with E-state index in [1.807, 2.05) is 0 Å². The minimum absolute atomic E-state index is 0.0819. The molecule has 0 amide bonds. The van der Waals surface area contributed by atoms with Gasteiger partial charge < -0.3 is 0 Å². The van der Waals surface area contributed by atoms with Gasteiger partial charge in [-0.05, 0) is 0 Å². The van der Waals surface area contributed by atoms with Crippen molar-refractivity contribution in [3.63, 3.8) is 0 Å². The van der Waals surface area contributed by atoms with Gasteiger partial charge in [0, 0.05) is 0 Å². The second-order valence-electron chi connectivity index (χ2n) is 4.57. The van der Waals surface area contributed by atoms with Crippen LogP contribution < -0.4 is 5.73 Å². The van der Waals surface area contributed by atoms with Crippen LogP contribution in [-0.2, 0) is 4.79 Å². The number of hydrogen-bond acceptors (Lipinski definition) is 2. The number of hydrogen-bond donors (Lipinski definition) is 1. The zero-order chi connectivity index (χ0) is 10.2. The molecule has 2 aliphatic rings. The van der Waals surface area contributed by atoms with Crippen LogP contribution in [0.4, 0.5) is 0 Å². The summed E-state index contributed by atoms with van der Waals surface area (Å²) in [5, 5.41) is 0. The van der Waals surface area contributed by atoms with Gasteiger partial charge in [0.1, 0.15) is 0 Å². The molecule has 82 valence electrons. The van der Waals surface area contributed by atoms with E-state index in [2.05, 4.69) is 6.92 Å². The summed E-state index contributed by atoms with van der Waals surface area (Å²) >= 11 is -1.19. The summed E-state index contributed by atoms with van der Waals surface area (Å²) in [6, 6.07) is 0.306. The zero-order valence-corrected chi connectivity index (χ0v) is 11.0. The van der Waals surface area contributed by atoms with E-state index in [1.54, 1.807) is 0 Å². The Labute approximate surface area is 93.4 Å². The Kier molecular flexibility index (Phi) is 3.17. The van der Waals surface area contributed by atoms with Crippen LogP contribution in [0.3, 0.4) is 0 Å². The molecule has 2 nitrogen and oxygen atoms in total. The van der Waals surface area contributed by atoms with Crippen LogP contribution in [0.25, 0.3) is 0 Å². The minimum atomic E-state index is -1.19. The van der Waals surface area contributed by atoms with Crippen molar-refractivity contribution >= 4 is 23.6 Å². The summed E-state index contributed by atoms with van der Waals surface area (Å²) in [4.78, 5) is 12.3. The molecule has 14 heavy (non-hydrogen) atoms. The number of carbonyl (C=O) groups is 1. The summed E-state index contributed by atoms with van der Waals surface area (Å²) in [5.74, 6) is 0. The average molecular weight is 309 g/mol. The van der Waals surface area contributed by atoms with E-state index in [0.717, 1.165) is 19.3 Å². The van der Waals surface area contributed by atoms with E-state index < -0.39 is 19.8 Å². The van der Waals surface area contributed by atoms with Crippen molar-refractivity contribution in [3.8, 4) is 0 Å². The van der Waals surface area contributed by atoms with Gasteiger partial charge in [-0.2, -0.15) is 0 Å². The third kappa shape index (κ3) is 1.73. The molecule has 2 N–H and O–H groups in total. The molecular formula is C11H20INO. The van der Waals surface area contributed by atoms with Crippen LogP contribution >= 0.6 is 19.8 Å². The van der Waals surface area contributed by atoms with Crippen molar-refractivity contribution < 1.29 is 4.79 Å². The fraction of sp³-hybridized carbons (Fsp3) is 0.909. The molecule has 2 fully saturated rings. The van der Waals surface area contributed by atoms with Crippen LogP contribution in [0, 0.1) is 5.41 Å². The first-order chi connectivity index (χ1) is 6.68. The molecule has 1 unspecified atom stereocenters. The fourth-order valence-electron chi connectivity index (χ4n) is 2.83. The Bertz CT molecular complexity index is 243. The summed E-state index contributed by atoms with van der Waals surface area (Å²) in [5.41, 5.74) is 6.09. The average Bonchev–Trinajstić information content (AvgIpc) is 2.45. The summed E-state index contributed by atoms with van der Waals surface area (Å²) in [7, 11) is 0. The van der Waals surface area contributed by atoms with E-state index in [9.17, 15) is 4.79 Å². The van der Waals surface area contributed by atoms with Crippen molar-refractivity contribution in [1.29, 1.82) is 0 Å². The standard InChI is InChI=1S/C11H20INO/c1-2-12-7-6-11(10(12)14)5-3-4-9(13)8-11/h9H,2-8,13H2,1H3/t9?,11-/m0/s1. The van der Waals surface area contributed by atoms with Crippen LogP contribution in [0.5, 0.6) is 0 Å². The second kappa shape index (κ2) is 4.08. The summed E-state index contributed by atoms with van der Waals surface area (Å²) in [6.07, 6.45) is 5.64. The molecule has 0 radical (unpaired) electrons. The van der Waals surface area contributed by atoms with Gasteiger partial charge in [0.25, 0.3) is 0 Å². The molecule has 1 aliphatic carbocycles. The van der Waals surface area contributed by atoms with Crippen LogP contribution in [-0.4, -0.2) is 18.7 Å². The van der Waals surface area contributed by atoms with Crippen molar-refractivity contribution in [3.05, 3.63) is 0 Å². The molecule has 0 bridgehead atoms. The Morgan fingerprint density at radius 3 is 2.93 bits per heavy atom. The molecular weight excluding hydrogens is 289 g/mol. The topological polar surface area (TPSA) is 43.1 Å². The number of carbonyl (C=O) groups excluding carboxylic acids is 1. The molecule has 1 saturated carbocycles. The fourth-order valence-corrected chi connectivity index (χ4v) is 8.84. The number of halogens is 1. The van der Waals surface area contributed by atoms with E-state index in [4.69, 9.17) is 5.73 Å². The maximum atomic E-state index is 12.3. The molecule has 1 aliphatic heterocycles. The number of alkyl halides is 2. The van der Waals surface area contributed by atoms with Gasteiger partial charge in [0.2, 0.25) is 0 Å². The van der Waals surface area contributed by atoms with Gasteiger partial charge in [-0.15, -0.1) is 0 Å². The van der Waals surface area contributed by atoms with Gasteiger partial charge >= 0.3 is 93.5 Å². The van der Waals surface area contributed by atoms with Crippen molar-refractivity contribution in [1.82, 2.24) is 0 Å². The quantitative estimate of drug-likeness (QED) is 0.459. The van der Waals surface area contributed by atoms with E-state index in [1.165, 1.54) is 21.7 Å². The molecule has 0 aromatic heterocycles. The Morgan fingerprint density at radius 1 is 1.57 bits per heavy atom. The van der Waals surface area contributed by atoms with E-state index in [0.29, 0.717) is 9.83 Å². The van der Waals surface area contributed by atoms with Crippen molar-refractivity contribution in [2.75, 3.05) is 8.86 Å². The number of nitrogens with two attached hydrogens (primary N) is 1. The molecule has 1 heterocycles. The molecule has 1 saturated heterocycles. The van der Waals surface area contributed by atoms with Crippen LogP contribution in [0.15, 0.2) is 0 Å². The Morgan fingerprint density at radius 2 is 2.36 bits per heavy atom. The molecule has 0 aromatic carbocycles. The summed E-state index contributed by atoms with van der Waals surface area (Å²) in [6.45, 7) is 2.20. The molecule has 3 heteroatoms. The van der Waals surface area contributed by atoms with Gasteiger partial charge in [-0.3, -0.25) is 0 Å². The summed E-state index contributed by atoms with van der Waals surface area (Å²) < 4.78 is 3.14. The third-order valence-corrected chi connectivity index (χ3v) is 9.88. The molecule has 1 spiro atoms. The Hall–Kier alpha value is 0.360. The Balaban J connectivity index is 2.12. The molecule has 0 aromatic rings. The van der Waals surface area contributed by atoms with Crippen molar-refractivity contribution in [2.45, 2.75) is 45.1 Å². The van der Waals surface area contributed by atoms with E-state index >= 15 is 0 Å². The maximum absolute atomic E-state index is 12.3. The van der Waals surface area contributed by atoms with Crippen LogP contribution in [0.2, 0.25) is 0 Å². The van der Waals surface area contributed by atoms with Crippen LogP contribution in [0.1, 0.15) is 39.0 Å². The number of rotatable bonds is 1. The van der Waals surface area contributed by atoms with Gasteiger partial charge in [-0.1, -0.05) is 0 Å². The van der Waals surface area contributed by atoms with Crippen molar-refractivity contribution in [2.24, 2.45) is 11.1 Å². The van der Waals surface area contributed by atoms with Gasteiger partial charge in [-0.25, -0.2) is 0 Å². The first-order valence-electron chi connectivity index (χ1n) is 5.60. The van der Waals surface area contributed by atoms with Gasteiger partial charge in [0.05, 0.1) is 0 Å². The third-order valence-electron chi connectivity index (χ3n) is 3.67. The van der Waals surface area contributed by atoms with Gasteiger partial charge in [0.15, 0.2) is 0 Å². The predicted octanol–water partition coefficient (Wildman–Crippen LogP) is 2.33. The first-order valence-corrected chi connectivity index (χ1v) is 9.73. The molecule has 2 rings (SSSR count).